The summed E-state index contributed by atoms with van der Waals surface area (Å²) in [5, 5.41) is 1.94. The zero-order chi connectivity index (χ0) is 22.7. The van der Waals surface area contributed by atoms with Crippen LogP contribution in [0.4, 0.5) is 0 Å². The van der Waals surface area contributed by atoms with E-state index in [0.29, 0.717) is 27.2 Å². The van der Waals surface area contributed by atoms with Crippen molar-refractivity contribution in [1.82, 2.24) is 4.57 Å². The number of rotatable bonds is 7. The number of aromatic nitrogens is 1. The summed E-state index contributed by atoms with van der Waals surface area (Å²) in [6, 6.07) is 10.9. The van der Waals surface area contributed by atoms with Crippen LogP contribution in [0.5, 0.6) is 5.75 Å². The fraction of sp³-hybridized carbons (Fsp3) is 0.292. The molecule has 3 aromatic rings. The average molecular weight is 469 g/mol. The molecule has 0 aliphatic carbocycles. The van der Waals surface area contributed by atoms with Gasteiger partial charge in [-0.3, -0.25) is 9.36 Å². The van der Waals surface area contributed by atoms with Crippen molar-refractivity contribution in [3.63, 3.8) is 0 Å². The lowest BCUT2D eigenvalue weighted by Crippen LogP contribution is -2.39. The third-order valence-corrected chi connectivity index (χ3v) is 6.89. The number of carbonyl (C=O) groups is 1. The van der Waals surface area contributed by atoms with Gasteiger partial charge in [0.05, 0.1) is 29.0 Å². The van der Waals surface area contributed by atoms with Crippen molar-refractivity contribution < 1.29 is 14.3 Å². The third-order valence-electron chi connectivity index (χ3n) is 4.98. The van der Waals surface area contributed by atoms with Crippen LogP contribution in [0.25, 0.3) is 6.08 Å². The number of esters is 1. The molecule has 1 aliphatic heterocycles. The normalized spacial score (nSPS) is 16.0. The first kappa shape index (κ1) is 22.2. The van der Waals surface area contributed by atoms with Crippen molar-refractivity contribution in [2.75, 3.05) is 13.2 Å². The first-order valence-corrected chi connectivity index (χ1v) is 12.2. The van der Waals surface area contributed by atoms with Gasteiger partial charge in [0.1, 0.15) is 11.8 Å². The number of thiazole rings is 1. The van der Waals surface area contributed by atoms with Crippen LogP contribution in [-0.2, 0) is 9.53 Å². The lowest BCUT2D eigenvalue weighted by atomic mass is 10.0. The van der Waals surface area contributed by atoms with E-state index in [1.54, 1.807) is 18.4 Å². The highest BCUT2D eigenvalue weighted by Crippen LogP contribution is 2.33. The predicted octanol–water partition coefficient (Wildman–Crippen LogP) is 3.65. The second-order valence-electron chi connectivity index (χ2n) is 7.24. The predicted molar refractivity (Wildman–Crippen MR) is 127 cm³/mol. The van der Waals surface area contributed by atoms with Gasteiger partial charge in [0.15, 0.2) is 4.80 Å². The summed E-state index contributed by atoms with van der Waals surface area (Å²) in [6.45, 7) is 6.55. The van der Waals surface area contributed by atoms with E-state index in [0.717, 1.165) is 22.6 Å². The number of benzene rings is 1. The lowest BCUT2D eigenvalue weighted by Gasteiger charge is -2.23. The Bertz CT molecular complexity index is 1320. The van der Waals surface area contributed by atoms with Crippen LogP contribution in [0.1, 0.15) is 43.7 Å². The molecule has 8 heteroatoms. The number of nitrogens with zero attached hydrogens (tertiary/aromatic N) is 2. The number of thiophene rings is 1. The molecule has 3 heterocycles. The zero-order valence-corrected chi connectivity index (χ0v) is 19.8. The maximum absolute atomic E-state index is 13.5. The van der Waals surface area contributed by atoms with Crippen LogP contribution in [0, 0.1) is 0 Å². The molecule has 2 aromatic heterocycles. The maximum Gasteiger partial charge on any atom is 0.338 e. The van der Waals surface area contributed by atoms with E-state index in [1.807, 2.05) is 47.9 Å². The Kier molecular flexibility index (Phi) is 6.72. The number of carbonyl (C=O) groups excluding carboxylic acids is 1. The van der Waals surface area contributed by atoms with E-state index in [9.17, 15) is 9.59 Å². The Labute approximate surface area is 193 Å². The molecule has 0 N–H and O–H groups in total. The summed E-state index contributed by atoms with van der Waals surface area (Å²) in [5.41, 5.74) is 1.71. The number of ether oxygens (including phenoxy) is 2. The van der Waals surface area contributed by atoms with E-state index in [-0.39, 0.29) is 12.2 Å². The quantitative estimate of drug-likeness (QED) is 0.497. The summed E-state index contributed by atoms with van der Waals surface area (Å²) in [5.74, 6) is 0.363. The Balaban J connectivity index is 1.81. The van der Waals surface area contributed by atoms with Crippen molar-refractivity contribution in [2.24, 2.45) is 4.99 Å². The lowest BCUT2D eigenvalue weighted by molar-refractivity contribution is -0.139. The third kappa shape index (κ3) is 4.33. The first-order chi connectivity index (χ1) is 15.5. The van der Waals surface area contributed by atoms with E-state index in [1.165, 1.54) is 22.7 Å². The van der Waals surface area contributed by atoms with Crippen molar-refractivity contribution >= 4 is 34.7 Å². The Hall–Kier alpha value is -2.97. The van der Waals surface area contributed by atoms with Crippen LogP contribution >= 0.6 is 22.7 Å². The standard InChI is InChI=1S/C24H24N2O4S2/c1-4-12-30-17-10-8-16(9-11-17)14-19-22(27)26-21(18-7-6-13-31-18)20(23(28)29-5-2)15(3)25-24(26)32-19/h6-11,13-14,21H,4-5,12H2,1-3H3/b19-14+/t21-/m1/s1. The molecule has 0 radical (unpaired) electrons. The molecule has 0 amide bonds. The maximum atomic E-state index is 13.5. The Morgan fingerprint density at radius 1 is 1.22 bits per heavy atom. The van der Waals surface area contributed by atoms with Crippen LogP contribution < -0.4 is 19.6 Å². The van der Waals surface area contributed by atoms with Crippen LogP contribution in [-0.4, -0.2) is 23.8 Å². The SMILES string of the molecule is CCCOc1ccc(/C=c2/sc3n(c2=O)[C@H](c2cccs2)C(C(=O)OCC)=C(C)N=3)cc1. The minimum Gasteiger partial charge on any atom is -0.494 e. The highest BCUT2D eigenvalue weighted by Gasteiger charge is 2.33. The van der Waals surface area contributed by atoms with Crippen molar-refractivity contribution in [3.8, 4) is 5.75 Å². The molecule has 1 aromatic carbocycles. The number of allylic oxidation sites excluding steroid dienone is 1. The van der Waals surface area contributed by atoms with Crippen LogP contribution in [0.2, 0.25) is 0 Å². The molecule has 0 fully saturated rings. The van der Waals surface area contributed by atoms with Gasteiger partial charge < -0.3 is 9.47 Å². The molecule has 0 saturated carbocycles. The molecule has 32 heavy (non-hydrogen) atoms. The van der Waals surface area contributed by atoms with Crippen molar-refractivity contribution in [1.29, 1.82) is 0 Å². The Morgan fingerprint density at radius 2 is 2.00 bits per heavy atom. The van der Waals surface area contributed by atoms with Gasteiger partial charge in [-0.1, -0.05) is 36.5 Å². The highest BCUT2D eigenvalue weighted by molar-refractivity contribution is 7.10. The van der Waals surface area contributed by atoms with E-state index in [2.05, 4.69) is 11.9 Å². The second-order valence-corrected chi connectivity index (χ2v) is 9.22. The average Bonchev–Trinajstić information content (AvgIpc) is 3.41. The largest absolute Gasteiger partial charge is 0.494 e. The molecule has 6 nitrogen and oxygen atoms in total. The molecule has 166 valence electrons. The van der Waals surface area contributed by atoms with Crippen LogP contribution in [0.3, 0.4) is 0 Å². The molecule has 0 saturated heterocycles. The second kappa shape index (κ2) is 9.67. The summed E-state index contributed by atoms with van der Waals surface area (Å²) in [4.78, 5) is 32.3. The molecule has 0 unspecified atom stereocenters. The van der Waals surface area contributed by atoms with Gasteiger partial charge in [0, 0.05) is 4.88 Å². The summed E-state index contributed by atoms with van der Waals surface area (Å²) >= 11 is 2.82. The summed E-state index contributed by atoms with van der Waals surface area (Å²) < 4.78 is 13.1. The van der Waals surface area contributed by atoms with E-state index in [4.69, 9.17) is 9.47 Å². The van der Waals surface area contributed by atoms with Gasteiger partial charge in [-0.15, -0.1) is 11.3 Å². The highest BCUT2D eigenvalue weighted by atomic mass is 32.1. The number of hydrogen-bond donors (Lipinski definition) is 0. The van der Waals surface area contributed by atoms with Gasteiger partial charge >= 0.3 is 5.97 Å². The monoisotopic (exact) mass is 468 g/mol. The topological polar surface area (TPSA) is 69.9 Å². The number of hydrogen-bond acceptors (Lipinski definition) is 7. The van der Waals surface area contributed by atoms with Gasteiger partial charge in [-0.2, -0.15) is 0 Å². The van der Waals surface area contributed by atoms with Gasteiger partial charge in [0.2, 0.25) is 0 Å². The minimum atomic E-state index is -0.544. The summed E-state index contributed by atoms with van der Waals surface area (Å²) in [7, 11) is 0. The summed E-state index contributed by atoms with van der Waals surface area (Å²) in [6.07, 6.45) is 2.80. The number of fused-ring (bicyclic) bond motifs is 1. The van der Waals surface area contributed by atoms with E-state index < -0.39 is 12.0 Å². The zero-order valence-electron chi connectivity index (χ0n) is 18.2. The smallest absolute Gasteiger partial charge is 0.338 e. The molecular formula is C24H24N2O4S2. The molecule has 1 aliphatic rings. The van der Waals surface area contributed by atoms with Gasteiger partial charge in [0.25, 0.3) is 5.56 Å². The molecule has 0 spiro atoms. The first-order valence-electron chi connectivity index (χ1n) is 10.5. The molecule has 0 bridgehead atoms. The minimum absolute atomic E-state index is 0.173. The molecule has 1 atom stereocenters. The fourth-order valence-corrected chi connectivity index (χ4v) is 5.41. The van der Waals surface area contributed by atoms with Crippen molar-refractivity contribution in [2.45, 2.75) is 33.2 Å². The van der Waals surface area contributed by atoms with Crippen LogP contribution in [0.15, 0.2) is 62.8 Å². The van der Waals surface area contributed by atoms with E-state index >= 15 is 0 Å². The Morgan fingerprint density at radius 3 is 2.66 bits per heavy atom. The van der Waals surface area contributed by atoms with Gasteiger partial charge in [-0.25, -0.2) is 9.79 Å². The fourth-order valence-electron chi connectivity index (χ4n) is 3.54. The van der Waals surface area contributed by atoms with Crippen molar-refractivity contribution in [3.05, 3.63) is 83.2 Å². The molecular weight excluding hydrogens is 444 g/mol. The van der Waals surface area contributed by atoms with Gasteiger partial charge in [-0.05, 0) is 55.5 Å². The molecule has 4 rings (SSSR count).